The molecule has 0 atom stereocenters. The van der Waals surface area contributed by atoms with Crippen molar-refractivity contribution in [2.24, 2.45) is 11.7 Å². The van der Waals surface area contributed by atoms with E-state index >= 15 is 0 Å². The first-order chi connectivity index (χ1) is 8.24. The third kappa shape index (κ3) is 2.78. The first kappa shape index (κ1) is 12.4. The fraction of sp³-hybridized carbons (Fsp3) is 0.643. The van der Waals surface area contributed by atoms with Crippen molar-refractivity contribution in [1.82, 2.24) is 4.98 Å². The Hall–Kier alpha value is -1.09. The quantitative estimate of drug-likeness (QED) is 0.849. The van der Waals surface area contributed by atoms with Crippen molar-refractivity contribution < 1.29 is 0 Å². The molecule has 1 heterocycles. The highest BCUT2D eigenvalue weighted by atomic mass is 15.2. The zero-order valence-electron chi connectivity index (χ0n) is 10.9. The Morgan fingerprint density at radius 3 is 2.71 bits per heavy atom. The maximum absolute atomic E-state index is 5.64. The number of rotatable bonds is 5. The van der Waals surface area contributed by atoms with Crippen molar-refractivity contribution in [3.05, 3.63) is 23.4 Å². The van der Waals surface area contributed by atoms with Crippen molar-refractivity contribution in [2.75, 3.05) is 18.0 Å². The van der Waals surface area contributed by atoms with Gasteiger partial charge in [-0.2, -0.15) is 0 Å². The molecule has 0 aromatic carbocycles. The number of hydrogen-bond donors (Lipinski definition) is 1. The van der Waals surface area contributed by atoms with Gasteiger partial charge < -0.3 is 10.6 Å². The molecule has 0 bridgehead atoms. The molecule has 3 nitrogen and oxygen atoms in total. The van der Waals surface area contributed by atoms with Crippen LogP contribution in [0.3, 0.4) is 0 Å². The molecule has 0 spiro atoms. The summed E-state index contributed by atoms with van der Waals surface area (Å²) in [4.78, 5) is 6.98. The Labute approximate surface area is 104 Å². The van der Waals surface area contributed by atoms with Crippen LogP contribution in [0, 0.1) is 12.8 Å². The van der Waals surface area contributed by atoms with E-state index in [1.54, 1.807) is 0 Å². The normalized spacial score (nSPS) is 15.7. The Balaban J connectivity index is 2.11. The summed E-state index contributed by atoms with van der Waals surface area (Å²) in [6.07, 6.45) is 6.08. The van der Waals surface area contributed by atoms with Crippen LogP contribution in [-0.4, -0.2) is 18.1 Å². The third-order valence-corrected chi connectivity index (χ3v) is 3.73. The fourth-order valence-corrected chi connectivity index (χ4v) is 2.42. The van der Waals surface area contributed by atoms with Crippen molar-refractivity contribution in [2.45, 2.75) is 39.7 Å². The molecule has 1 fully saturated rings. The van der Waals surface area contributed by atoms with Gasteiger partial charge in [0.2, 0.25) is 0 Å². The Kier molecular flexibility index (Phi) is 4.00. The standard InChI is InChI=1S/C14H23N3/c1-3-17(10-12-5-4-6-12)14-11(2)7-13(8-15)9-16-14/h7,9,12H,3-6,8,10,15H2,1-2H3. The number of nitrogens with two attached hydrogens (primary N) is 1. The topological polar surface area (TPSA) is 42.2 Å². The monoisotopic (exact) mass is 233 g/mol. The third-order valence-electron chi connectivity index (χ3n) is 3.73. The maximum Gasteiger partial charge on any atom is 0.131 e. The van der Waals surface area contributed by atoms with E-state index in [1.807, 2.05) is 6.20 Å². The minimum absolute atomic E-state index is 0.572. The van der Waals surface area contributed by atoms with Gasteiger partial charge in [-0.25, -0.2) is 4.98 Å². The largest absolute Gasteiger partial charge is 0.356 e. The van der Waals surface area contributed by atoms with E-state index in [1.165, 1.54) is 24.8 Å². The van der Waals surface area contributed by atoms with Crippen LogP contribution in [-0.2, 0) is 6.54 Å². The lowest BCUT2D eigenvalue weighted by atomic mass is 9.85. The zero-order chi connectivity index (χ0) is 12.3. The van der Waals surface area contributed by atoms with Gasteiger partial charge in [0, 0.05) is 25.8 Å². The predicted molar refractivity (Wildman–Crippen MR) is 72.1 cm³/mol. The second kappa shape index (κ2) is 5.50. The van der Waals surface area contributed by atoms with E-state index in [0.29, 0.717) is 6.54 Å². The number of nitrogens with zero attached hydrogens (tertiary/aromatic N) is 2. The number of aryl methyl sites for hydroxylation is 1. The molecule has 0 saturated heterocycles. The molecule has 1 aromatic heterocycles. The van der Waals surface area contributed by atoms with Crippen LogP contribution in [0.2, 0.25) is 0 Å². The highest BCUT2D eigenvalue weighted by Crippen LogP contribution is 2.29. The molecular formula is C14H23N3. The lowest BCUT2D eigenvalue weighted by Gasteiger charge is -2.33. The van der Waals surface area contributed by atoms with E-state index in [-0.39, 0.29) is 0 Å². The van der Waals surface area contributed by atoms with Crippen LogP contribution in [0.5, 0.6) is 0 Å². The van der Waals surface area contributed by atoms with E-state index in [2.05, 4.69) is 29.8 Å². The molecule has 0 amide bonds. The minimum atomic E-state index is 0.572. The Bertz CT molecular complexity index is 372. The summed E-state index contributed by atoms with van der Waals surface area (Å²) in [5, 5.41) is 0. The van der Waals surface area contributed by atoms with Crippen LogP contribution in [0.1, 0.15) is 37.3 Å². The lowest BCUT2D eigenvalue weighted by Crippen LogP contribution is -2.33. The summed E-state index contributed by atoms with van der Waals surface area (Å²) in [5.74, 6) is 2.02. The molecule has 1 aliphatic rings. The van der Waals surface area contributed by atoms with Crippen LogP contribution in [0.25, 0.3) is 0 Å². The minimum Gasteiger partial charge on any atom is -0.356 e. The van der Waals surface area contributed by atoms with Crippen molar-refractivity contribution in [1.29, 1.82) is 0 Å². The van der Waals surface area contributed by atoms with E-state index in [4.69, 9.17) is 5.73 Å². The van der Waals surface area contributed by atoms with Gasteiger partial charge in [0.25, 0.3) is 0 Å². The summed E-state index contributed by atoms with van der Waals surface area (Å²) in [7, 11) is 0. The van der Waals surface area contributed by atoms with Crippen LogP contribution < -0.4 is 10.6 Å². The van der Waals surface area contributed by atoms with Crippen molar-refractivity contribution in [3.63, 3.8) is 0 Å². The summed E-state index contributed by atoms with van der Waals surface area (Å²) < 4.78 is 0. The van der Waals surface area contributed by atoms with Crippen LogP contribution in [0.15, 0.2) is 12.3 Å². The lowest BCUT2D eigenvalue weighted by molar-refractivity contribution is 0.318. The molecule has 1 aromatic rings. The summed E-state index contributed by atoms with van der Waals surface area (Å²) >= 11 is 0. The smallest absolute Gasteiger partial charge is 0.131 e. The molecular weight excluding hydrogens is 210 g/mol. The second-order valence-electron chi connectivity index (χ2n) is 5.02. The number of pyridine rings is 1. The molecule has 1 saturated carbocycles. The Morgan fingerprint density at radius 1 is 1.47 bits per heavy atom. The van der Waals surface area contributed by atoms with Gasteiger partial charge in [-0.15, -0.1) is 0 Å². The van der Waals surface area contributed by atoms with E-state index < -0.39 is 0 Å². The molecule has 3 heteroatoms. The molecule has 94 valence electrons. The average Bonchev–Trinajstić information content (AvgIpc) is 2.29. The number of hydrogen-bond acceptors (Lipinski definition) is 3. The van der Waals surface area contributed by atoms with E-state index in [9.17, 15) is 0 Å². The van der Waals surface area contributed by atoms with Gasteiger partial charge in [0.05, 0.1) is 0 Å². The molecule has 1 aliphatic carbocycles. The summed E-state index contributed by atoms with van der Waals surface area (Å²) in [6, 6.07) is 2.16. The molecule has 2 rings (SSSR count). The van der Waals surface area contributed by atoms with Crippen LogP contribution in [0.4, 0.5) is 5.82 Å². The molecule has 0 aliphatic heterocycles. The van der Waals surface area contributed by atoms with Gasteiger partial charge in [0.1, 0.15) is 5.82 Å². The molecule has 0 radical (unpaired) electrons. The molecule has 17 heavy (non-hydrogen) atoms. The number of anilines is 1. The van der Waals surface area contributed by atoms with E-state index in [0.717, 1.165) is 30.4 Å². The average molecular weight is 233 g/mol. The first-order valence-corrected chi connectivity index (χ1v) is 6.65. The number of aromatic nitrogens is 1. The molecule has 0 unspecified atom stereocenters. The SMILES string of the molecule is CCN(CC1CCC1)c1ncc(CN)cc1C. The van der Waals surface area contributed by atoms with Gasteiger partial charge in [-0.1, -0.05) is 6.42 Å². The van der Waals surface area contributed by atoms with Crippen LogP contribution >= 0.6 is 0 Å². The van der Waals surface area contributed by atoms with Crippen molar-refractivity contribution >= 4 is 5.82 Å². The predicted octanol–water partition coefficient (Wildman–Crippen LogP) is 2.48. The van der Waals surface area contributed by atoms with Gasteiger partial charge in [-0.05, 0) is 49.8 Å². The van der Waals surface area contributed by atoms with Crippen molar-refractivity contribution in [3.8, 4) is 0 Å². The first-order valence-electron chi connectivity index (χ1n) is 6.65. The van der Waals surface area contributed by atoms with Gasteiger partial charge >= 0.3 is 0 Å². The summed E-state index contributed by atoms with van der Waals surface area (Å²) in [5.41, 5.74) is 8.00. The van der Waals surface area contributed by atoms with Gasteiger partial charge in [-0.3, -0.25) is 0 Å². The second-order valence-corrected chi connectivity index (χ2v) is 5.02. The molecule has 2 N–H and O–H groups in total. The zero-order valence-corrected chi connectivity index (χ0v) is 10.9. The summed E-state index contributed by atoms with van der Waals surface area (Å²) in [6.45, 7) is 7.10. The fourth-order valence-electron chi connectivity index (χ4n) is 2.42. The highest BCUT2D eigenvalue weighted by Gasteiger charge is 2.21. The maximum atomic E-state index is 5.64. The Morgan fingerprint density at radius 2 is 2.24 bits per heavy atom. The highest BCUT2D eigenvalue weighted by molar-refractivity contribution is 5.47. The van der Waals surface area contributed by atoms with Gasteiger partial charge in [0.15, 0.2) is 0 Å².